The molecule has 0 saturated heterocycles. The van der Waals surface area contributed by atoms with Crippen LogP contribution in [0.5, 0.6) is 11.5 Å². The summed E-state index contributed by atoms with van der Waals surface area (Å²) in [5, 5.41) is 5.35. The van der Waals surface area contributed by atoms with E-state index in [2.05, 4.69) is 10.6 Å². The van der Waals surface area contributed by atoms with Crippen LogP contribution >= 0.6 is 0 Å². The third kappa shape index (κ3) is 6.38. The highest BCUT2D eigenvalue weighted by Gasteiger charge is 2.09. The van der Waals surface area contributed by atoms with E-state index in [4.69, 9.17) is 9.47 Å². The standard InChI is InChI=1S/C24H24N2O4/c1-2-29-21-12-8-19(9-13-21)24(28)25-16-23(27)26-20-10-14-22(15-11-20)30-17-18-6-4-3-5-7-18/h3-15H,2,16-17H2,1H3,(H,25,28)(H,26,27). The second-order valence-corrected chi connectivity index (χ2v) is 6.49. The zero-order chi connectivity index (χ0) is 21.2. The Morgan fingerprint density at radius 2 is 1.43 bits per heavy atom. The summed E-state index contributed by atoms with van der Waals surface area (Å²) in [6.07, 6.45) is 0. The normalized spacial score (nSPS) is 10.2. The van der Waals surface area contributed by atoms with Crippen LogP contribution in [0.25, 0.3) is 0 Å². The van der Waals surface area contributed by atoms with Gasteiger partial charge < -0.3 is 20.1 Å². The van der Waals surface area contributed by atoms with Crippen molar-refractivity contribution in [1.82, 2.24) is 5.32 Å². The van der Waals surface area contributed by atoms with Crippen molar-refractivity contribution >= 4 is 17.5 Å². The Morgan fingerprint density at radius 3 is 2.10 bits per heavy atom. The van der Waals surface area contributed by atoms with Crippen molar-refractivity contribution in [3.8, 4) is 11.5 Å². The molecule has 6 heteroatoms. The van der Waals surface area contributed by atoms with Crippen molar-refractivity contribution in [2.45, 2.75) is 13.5 Å². The van der Waals surface area contributed by atoms with Crippen LogP contribution in [-0.4, -0.2) is 25.0 Å². The summed E-state index contributed by atoms with van der Waals surface area (Å²) in [6.45, 7) is 2.80. The third-order valence-corrected chi connectivity index (χ3v) is 4.22. The molecule has 3 aromatic rings. The lowest BCUT2D eigenvalue weighted by Gasteiger charge is -2.09. The molecule has 0 unspecified atom stereocenters. The van der Waals surface area contributed by atoms with E-state index in [1.165, 1.54) is 0 Å². The fourth-order valence-electron chi connectivity index (χ4n) is 2.71. The summed E-state index contributed by atoms with van der Waals surface area (Å²) in [7, 11) is 0. The average Bonchev–Trinajstić information content (AvgIpc) is 2.78. The molecule has 0 atom stereocenters. The van der Waals surface area contributed by atoms with Crippen molar-refractivity contribution < 1.29 is 19.1 Å². The minimum Gasteiger partial charge on any atom is -0.494 e. The monoisotopic (exact) mass is 404 g/mol. The second kappa shape index (κ2) is 10.7. The van der Waals surface area contributed by atoms with Crippen LogP contribution in [0.2, 0.25) is 0 Å². The van der Waals surface area contributed by atoms with Crippen LogP contribution in [0.15, 0.2) is 78.9 Å². The number of nitrogens with one attached hydrogen (secondary N) is 2. The molecule has 0 aliphatic carbocycles. The van der Waals surface area contributed by atoms with Crippen molar-refractivity contribution in [3.05, 3.63) is 90.0 Å². The maximum absolute atomic E-state index is 12.2. The van der Waals surface area contributed by atoms with Crippen LogP contribution < -0.4 is 20.1 Å². The number of carbonyl (C=O) groups is 2. The molecule has 0 aliphatic rings. The molecule has 154 valence electrons. The van der Waals surface area contributed by atoms with E-state index in [9.17, 15) is 9.59 Å². The van der Waals surface area contributed by atoms with Crippen LogP contribution in [0.4, 0.5) is 5.69 Å². The molecular formula is C24H24N2O4. The van der Waals surface area contributed by atoms with E-state index in [1.54, 1.807) is 48.5 Å². The zero-order valence-corrected chi connectivity index (χ0v) is 16.8. The lowest BCUT2D eigenvalue weighted by Crippen LogP contribution is -2.32. The summed E-state index contributed by atoms with van der Waals surface area (Å²) in [5.41, 5.74) is 2.17. The van der Waals surface area contributed by atoms with Gasteiger partial charge in [0.15, 0.2) is 0 Å². The maximum atomic E-state index is 12.2. The predicted molar refractivity (Wildman–Crippen MR) is 116 cm³/mol. The quantitative estimate of drug-likeness (QED) is 0.565. The van der Waals surface area contributed by atoms with Gasteiger partial charge in [-0.3, -0.25) is 9.59 Å². The van der Waals surface area contributed by atoms with Gasteiger partial charge in [0.25, 0.3) is 5.91 Å². The third-order valence-electron chi connectivity index (χ3n) is 4.22. The Labute approximate surface area is 175 Å². The van der Waals surface area contributed by atoms with Crippen LogP contribution in [-0.2, 0) is 11.4 Å². The Hall–Kier alpha value is -3.80. The second-order valence-electron chi connectivity index (χ2n) is 6.49. The van der Waals surface area contributed by atoms with Gasteiger partial charge in [0, 0.05) is 11.3 Å². The van der Waals surface area contributed by atoms with E-state index in [0.29, 0.717) is 36.0 Å². The van der Waals surface area contributed by atoms with Gasteiger partial charge in [-0.15, -0.1) is 0 Å². The zero-order valence-electron chi connectivity index (χ0n) is 16.8. The molecule has 0 aromatic heterocycles. The summed E-state index contributed by atoms with van der Waals surface area (Å²) in [6, 6.07) is 23.7. The fraction of sp³-hybridized carbons (Fsp3) is 0.167. The van der Waals surface area contributed by atoms with Crippen molar-refractivity contribution in [2.24, 2.45) is 0 Å². The first-order valence-corrected chi connectivity index (χ1v) is 9.72. The van der Waals surface area contributed by atoms with Gasteiger partial charge in [0.2, 0.25) is 5.91 Å². The van der Waals surface area contributed by atoms with E-state index < -0.39 is 0 Å². The first kappa shape index (κ1) is 20.9. The highest BCUT2D eigenvalue weighted by atomic mass is 16.5. The first-order valence-electron chi connectivity index (χ1n) is 9.72. The predicted octanol–water partition coefficient (Wildman–Crippen LogP) is 4.03. The van der Waals surface area contributed by atoms with Gasteiger partial charge >= 0.3 is 0 Å². The number of rotatable bonds is 9. The van der Waals surface area contributed by atoms with E-state index in [0.717, 1.165) is 5.56 Å². The van der Waals surface area contributed by atoms with Gasteiger partial charge in [0.05, 0.1) is 13.2 Å². The van der Waals surface area contributed by atoms with Crippen molar-refractivity contribution in [2.75, 3.05) is 18.5 Å². The Balaban J connectivity index is 1.43. The largest absolute Gasteiger partial charge is 0.494 e. The fourth-order valence-corrected chi connectivity index (χ4v) is 2.71. The summed E-state index contributed by atoms with van der Waals surface area (Å²) in [4.78, 5) is 24.3. The van der Waals surface area contributed by atoms with E-state index in [-0.39, 0.29) is 18.4 Å². The van der Waals surface area contributed by atoms with Gasteiger partial charge in [0.1, 0.15) is 18.1 Å². The molecular weight excluding hydrogens is 380 g/mol. The molecule has 0 spiro atoms. The highest BCUT2D eigenvalue weighted by Crippen LogP contribution is 2.17. The van der Waals surface area contributed by atoms with Crippen LogP contribution in [0.3, 0.4) is 0 Å². The number of hydrogen-bond acceptors (Lipinski definition) is 4. The topological polar surface area (TPSA) is 76.7 Å². The maximum Gasteiger partial charge on any atom is 0.251 e. The molecule has 0 heterocycles. The van der Waals surface area contributed by atoms with E-state index >= 15 is 0 Å². The summed E-state index contributed by atoms with van der Waals surface area (Å²) >= 11 is 0. The minimum absolute atomic E-state index is 0.127. The number of benzene rings is 3. The molecule has 2 N–H and O–H groups in total. The van der Waals surface area contributed by atoms with Crippen molar-refractivity contribution in [1.29, 1.82) is 0 Å². The van der Waals surface area contributed by atoms with Gasteiger partial charge in [-0.05, 0) is 61.0 Å². The lowest BCUT2D eigenvalue weighted by molar-refractivity contribution is -0.115. The van der Waals surface area contributed by atoms with Crippen LogP contribution in [0, 0.1) is 0 Å². The number of ether oxygens (including phenoxy) is 2. The molecule has 0 radical (unpaired) electrons. The molecule has 3 rings (SSSR count). The van der Waals surface area contributed by atoms with Crippen molar-refractivity contribution in [3.63, 3.8) is 0 Å². The van der Waals surface area contributed by atoms with Gasteiger partial charge in [-0.25, -0.2) is 0 Å². The molecule has 0 saturated carbocycles. The lowest BCUT2D eigenvalue weighted by atomic mass is 10.2. The SMILES string of the molecule is CCOc1ccc(C(=O)NCC(=O)Nc2ccc(OCc3ccccc3)cc2)cc1. The van der Waals surface area contributed by atoms with Gasteiger partial charge in [-0.1, -0.05) is 30.3 Å². The number of carbonyl (C=O) groups excluding carboxylic acids is 2. The smallest absolute Gasteiger partial charge is 0.251 e. The molecule has 3 aromatic carbocycles. The summed E-state index contributed by atoms with van der Waals surface area (Å²) < 4.78 is 11.1. The number of hydrogen-bond donors (Lipinski definition) is 2. The van der Waals surface area contributed by atoms with Gasteiger partial charge in [-0.2, -0.15) is 0 Å². The molecule has 0 aliphatic heterocycles. The summed E-state index contributed by atoms with van der Waals surface area (Å²) in [5.74, 6) is 0.772. The first-order chi connectivity index (χ1) is 14.6. The van der Waals surface area contributed by atoms with E-state index in [1.807, 2.05) is 37.3 Å². The molecule has 2 amide bonds. The number of amides is 2. The molecule has 30 heavy (non-hydrogen) atoms. The molecule has 0 bridgehead atoms. The molecule has 6 nitrogen and oxygen atoms in total. The highest BCUT2D eigenvalue weighted by molar-refractivity contribution is 5.99. The number of anilines is 1. The average molecular weight is 404 g/mol. The Morgan fingerprint density at radius 1 is 0.800 bits per heavy atom. The molecule has 0 fully saturated rings. The Bertz CT molecular complexity index is 955. The van der Waals surface area contributed by atoms with Crippen LogP contribution in [0.1, 0.15) is 22.8 Å². The minimum atomic E-state index is -0.321. The Kier molecular flexibility index (Phi) is 7.44.